The molecule has 1 aliphatic rings. The fraction of sp³-hybridized carbons (Fsp3) is 0.818. The molecule has 1 saturated carbocycles. The van der Waals surface area contributed by atoms with Crippen LogP contribution in [0.4, 0.5) is 0 Å². The van der Waals surface area contributed by atoms with Gasteiger partial charge in [0.15, 0.2) is 0 Å². The molecule has 1 rings (SSSR count). The van der Waals surface area contributed by atoms with E-state index in [1.165, 1.54) is 0 Å². The van der Waals surface area contributed by atoms with Gasteiger partial charge < -0.3 is 16.0 Å². The molecule has 0 radical (unpaired) electrons. The van der Waals surface area contributed by atoms with Gasteiger partial charge in [-0.05, 0) is 12.8 Å². The third-order valence-electron chi connectivity index (χ3n) is 3.22. The highest BCUT2D eigenvalue weighted by atomic mass is 16.2. The molecule has 16 heavy (non-hydrogen) atoms. The van der Waals surface area contributed by atoms with Crippen LogP contribution >= 0.6 is 0 Å². The minimum atomic E-state index is -0.683. The third kappa shape index (κ3) is 2.95. The number of carbonyl (C=O) groups excluding carboxylic acids is 2. The number of nitrogens with zero attached hydrogens (tertiary/aromatic N) is 1. The summed E-state index contributed by atoms with van der Waals surface area (Å²) in [6.07, 6.45) is 3.89. The number of hydrogen-bond donors (Lipinski definition) is 2. The van der Waals surface area contributed by atoms with Gasteiger partial charge in [-0.25, -0.2) is 0 Å². The van der Waals surface area contributed by atoms with Crippen LogP contribution in [0.3, 0.4) is 0 Å². The van der Waals surface area contributed by atoms with Crippen LogP contribution in [0.5, 0.6) is 0 Å². The summed E-state index contributed by atoms with van der Waals surface area (Å²) in [5.41, 5.74) is 5.37. The number of amides is 2. The van der Waals surface area contributed by atoms with Gasteiger partial charge in [-0.15, -0.1) is 0 Å². The molecule has 0 atom stereocenters. The summed E-state index contributed by atoms with van der Waals surface area (Å²) in [5.74, 6) is -0.0916. The average Bonchev–Trinajstić information content (AvgIpc) is 2.72. The number of carbonyl (C=O) groups is 2. The van der Waals surface area contributed by atoms with Crippen LogP contribution < -0.4 is 11.1 Å². The van der Waals surface area contributed by atoms with Crippen LogP contribution in [-0.2, 0) is 9.59 Å². The molecule has 1 fully saturated rings. The van der Waals surface area contributed by atoms with Crippen molar-refractivity contribution >= 4 is 11.8 Å². The Labute approximate surface area is 96.4 Å². The molecule has 0 bridgehead atoms. The van der Waals surface area contributed by atoms with Crippen molar-refractivity contribution in [2.75, 3.05) is 20.6 Å². The fourth-order valence-electron chi connectivity index (χ4n) is 2.10. The molecule has 0 aromatic carbocycles. The Balaban J connectivity index is 2.44. The highest BCUT2D eigenvalue weighted by Gasteiger charge is 2.38. The number of nitrogens with two attached hydrogens (primary N) is 1. The lowest BCUT2D eigenvalue weighted by molar-refractivity contribution is -0.135. The highest BCUT2D eigenvalue weighted by molar-refractivity contribution is 5.86. The van der Waals surface area contributed by atoms with E-state index in [1.807, 2.05) is 0 Å². The first-order valence-corrected chi connectivity index (χ1v) is 5.74. The van der Waals surface area contributed by atoms with Crippen molar-refractivity contribution in [1.29, 1.82) is 0 Å². The van der Waals surface area contributed by atoms with Gasteiger partial charge in [0.05, 0.1) is 5.54 Å². The Hall–Kier alpha value is -1.10. The predicted molar refractivity (Wildman–Crippen MR) is 61.7 cm³/mol. The molecule has 1 aliphatic carbocycles. The first-order valence-electron chi connectivity index (χ1n) is 5.74. The zero-order chi connectivity index (χ0) is 12.2. The van der Waals surface area contributed by atoms with Crippen molar-refractivity contribution in [2.24, 2.45) is 5.73 Å². The second kappa shape index (κ2) is 5.30. The molecule has 5 nitrogen and oxygen atoms in total. The summed E-state index contributed by atoms with van der Waals surface area (Å²) in [4.78, 5) is 24.7. The molecule has 0 aliphatic heterocycles. The van der Waals surface area contributed by atoms with Gasteiger partial charge >= 0.3 is 0 Å². The highest BCUT2D eigenvalue weighted by Crippen LogP contribution is 2.28. The Morgan fingerprint density at radius 1 is 1.38 bits per heavy atom. The van der Waals surface area contributed by atoms with Crippen molar-refractivity contribution in [1.82, 2.24) is 10.2 Å². The maximum Gasteiger partial charge on any atom is 0.242 e. The number of nitrogens with one attached hydrogen (secondary N) is 1. The van der Waals surface area contributed by atoms with Crippen LogP contribution in [0, 0.1) is 0 Å². The lowest BCUT2D eigenvalue weighted by atomic mass is 9.97. The molecule has 0 aromatic rings. The largest absolute Gasteiger partial charge is 0.359 e. The van der Waals surface area contributed by atoms with E-state index < -0.39 is 5.54 Å². The Morgan fingerprint density at radius 2 is 1.94 bits per heavy atom. The predicted octanol–water partition coefficient (Wildman–Crippen LogP) is -0.148. The Morgan fingerprint density at radius 3 is 2.44 bits per heavy atom. The lowest BCUT2D eigenvalue weighted by Gasteiger charge is -2.28. The van der Waals surface area contributed by atoms with E-state index in [4.69, 9.17) is 5.73 Å². The average molecular weight is 227 g/mol. The van der Waals surface area contributed by atoms with E-state index in [2.05, 4.69) is 5.32 Å². The minimum absolute atomic E-state index is 0.0334. The number of likely N-dealkylation sites (N-methyl/N-ethyl adjacent to an activating group) is 1. The second-order valence-corrected chi connectivity index (χ2v) is 4.51. The van der Waals surface area contributed by atoms with Crippen LogP contribution in [0.1, 0.15) is 32.1 Å². The summed E-state index contributed by atoms with van der Waals surface area (Å²) in [5, 5.41) is 2.53. The number of rotatable bonds is 4. The molecule has 0 saturated heterocycles. The van der Waals surface area contributed by atoms with E-state index in [1.54, 1.807) is 19.0 Å². The molecule has 2 amide bonds. The standard InChI is InChI=1S/C11H21N3O2/c1-13-9(15)5-8-14(2)10(16)11(12)6-3-4-7-11/h3-8,12H2,1-2H3,(H,13,15). The van der Waals surface area contributed by atoms with Crippen molar-refractivity contribution < 1.29 is 9.59 Å². The topological polar surface area (TPSA) is 75.4 Å². The normalized spacial score (nSPS) is 18.2. The first kappa shape index (κ1) is 13.0. The quantitative estimate of drug-likeness (QED) is 0.701. The van der Waals surface area contributed by atoms with Crippen LogP contribution in [0.25, 0.3) is 0 Å². The van der Waals surface area contributed by atoms with Gasteiger partial charge in [0, 0.05) is 27.1 Å². The van der Waals surface area contributed by atoms with Crippen molar-refractivity contribution in [3.05, 3.63) is 0 Å². The Kier molecular flexibility index (Phi) is 4.29. The monoisotopic (exact) mass is 227 g/mol. The summed E-state index contributed by atoms with van der Waals surface area (Å²) < 4.78 is 0. The smallest absolute Gasteiger partial charge is 0.242 e. The van der Waals surface area contributed by atoms with Gasteiger partial charge in [0.2, 0.25) is 11.8 Å². The van der Waals surface area contributed by atoms with Crippen LogP contribution in [0.2, 0.25) is 0 Å². The summed E-state index contributed by atoms with van der Waals surface area (Å²) in [6, 6.07) is 0. The van der Waals surface area contributed by atoms with Crippen molar-refractivity contribution in [3.63, 3.8) is 0 Å². The van der Waals surface area contributed by atoms with Crippen LogP contribution in [-0.4, -0.2) is 42.9 Å². The molecular formula is C11H21N3O2. The SMILES string of the molecule is CNC(=O)CCN(C)C(=O)C1(N)CCCC1. The Bertz CT molecular complexity index is 272. The van der Waals surface area contributed by atoms with E-state index in [-0.39, 0.29) is 11.8 Å². The molecule has 0 unspecified atom stereocenters. The van der Waals surface area contributed by atoms with Gasteiger partial charge in [-0.2, -0.15) is 0 Å². The molecular weight excluding hydrogens is 206 g/mol. The maximum absolute atomic E-state index is 12.0. The van der Waals surface area contributed by atoms with E-state index in [9.17, 15) is 9.59 Å². The van der Waals surface area contributed by atoms with E-state index >= 15 is 0 Å². The van der Waals surface area contributed by atoms with Crippen molar-refractivity contribution in [2.45, 2.75) is 37.6 Å². The molecule has 3 N–H and O–H groups in total. The van der Waals surface area contributed by atoms with E-state index in [0.717, 1.165) is 25.7 Å². The molecule has 0 aromatic heterocycles. The summed E-state index contributed by atoms with van der Waals surface area (Å²) >= 11 is 0. The van der Waals surface area contributed by atoms with Crippen molar-refractivity contribution in [3.8, 4) is 0 Å². The van der Waals surface area contributed by atoms with Crippen LogP contribution in [0.15, 0.2) is 0 Å². The number of hydrogen-bond acceptors (Lipinski definition) is 3. The lowest BCUT2D eigenvalue weighted by Crippen LogP contribution is -2.52. The first-order chi connectivity index (χ1) is 7.49. The zero-order valence-corrected chi connectivity index (χ0v) is 10.1. The minimum Gasteiger partial charge on any atom is -0.359 e. The molecule has 5 heteroatoms. The second-order valence-electron chi connectivity index (χ2n) is 4.51. The molecule has 92 valence electrons. The fourth-order valence-corrected chi connectivity index (χ4v) is 2.10. The third-order valence-corrected chi connectivity index (χ3v) is 3.22. The summed E-state index contributed by atoms with van der Waals surface area (Å²) in [7, 11) is 3.30. The maximum atomic E-state index is 12.0. The van der Waals surface area contributed by atoms with Gasteiger partial charge in [0.25, 0.3) is 0 Å². The molecule has 0 spiro atoms. The van der Waals surface area contributed by atoms with Gasteiger partial charge in [-0.1, -0.05) is 12.8 Å². The van der Waals surface area contributed by atoms with Gasteiger partial charge in [0.1, 0.15) is 0 Å². The molecule has 0 heterocycles. The zero-order valence-electron chi connectivity index (χ0n) is 10.1. The van der Waals surface area contributed by atoms with Gasteiger partial charge in [-0.3, -0.25) is 9.59 Å². The van der Waals surface area contributed by atoms with E-state index in [0.29, 0.717) is 13.0 Å². The summed E-state index contributed by atoms with van der Waals surface area (Å²) in [6.45, 7) is 0.428.